The Labute approximate surface area is 98.2 Å². The first kappa shape index (κ1) is 13.1. The van der Waals surface area contributed by atoms with E-state index in [9.17, 15) is 14.0 Å². The number of carbonyl (C=O) groups excluding carboxylic acids is 2. The topological polar surface area (TPSA) is 84.2 Å². The van der Waals surface area contributed by atoms with Gasteiger partial charge in [0, 0.05) is 5.69 Å². The molecule has 0 unspecified atom stereocenters. The van der Waals surface area contributed by atoms with E-state index in [4.69, 9.17) is 5.73 Å². The van der Waals surface area contributed by atoms with E-state index in [2.05, 4.69) is 10.6 Å². The minimum absolute atomic E-state index is 0.160. The van der Waals surface area contributed by atoms with Crippen molar-refractivity contribution in [2.75, 3.05) is 18.4 Å². The smallest absolute Gasteiger partial charge is 0.243 e. The lowest BCUT2D eigenvalue weighted by Crippen LogP contribution is -2.36. The van der Waals surface area contributed by atoms with Crippen molar-refractivity contribution in [3.05, 3.63) is 29.6 Å². The molecule has 92 valence electrons. The van der Waals surface area contributed by atoms with Crippen LogP contribution in [0.15, 0.2) is 18.2 Å². The predicted molar refractivity (Wildman–Crippen MR) is 61.8 cm³/mol. The standard InChI is InChI=1S/C11H14FN3O2/c1-7-4-8(12)2-3-9(7)15-11(17)6-14-10(16)5-13/h2-4H,5-6,13H2,1H3,(H,14,16)(H,15,17). The minimum atomic E-state index is -0.407. The van der Waals surface area contributed by atoms with E-state index in [1.54, 1.807) is 6.92 Å². The van der Waals surface area contributed by atoms with Crippen LogP contribution in [0, 0.1) is 12.7 Å². The summed E-state index contributed by atoms with van der Waals surface area (Å²) < 4.78 is 12.8. The Morgan fingerprint density at radius 3 is 2.65 bits per heavy atom. The number of benzene rings is 1. The molecule has 5 nitrogen and oxygen atoms in total. The average molecular weight is 239 g/mol. The van der Waals surface area contributed by atoms with E-state index in [0.29, 0.717) is 11.3 Å². The van der Waals surface area contributed by atoms with Gasteiger partial charge in [0.15, 0.2) is 0 Å². The van der Waals surface area contributed by atoms with Crippen molar-refractivity contribution >= 4 is 17.5 Å². The molecule has 0 fully saturated rings. The fourth-order valence-corrected chi connectivity index (χ4v) is 1.21. The zero-order chi connectivity index (χ0) is 12.8. The Bertz CT molecular complexity index is 435. The van der Waals surface area contributed by atoms with E-state index < -0.39 is 5.91 Å². The minimum Gasteiger partial charge on any atom is -0.346 e. The van der Waals surface area contributed by atoms with E-state index in [0.717, 1.165) is 0 Å². The van der Waals surface area contributed by atoms with Crippen molar-refractivity contribution in [3.63, 3.8) is 0 Å². The fourth-order valence-electron chi connectivity index (χ4n) is 1.21. The number of rotatable bonds is 4. The number of nitrogens with one attached hydrogen (secondary N) is 2. The highest BCUT2D eigenvalue weighted by molar-refractivity contribution is 5.95. The average Bonchev–Trinajstić information content (AvgIpc) is 2.29. The van der Waals surface area contributed by atoms with Crippen LogP contribution in [0.5, 0.6) is 0 Å². The summed E-state index contributed by atoms with van der Waals surface area (Å²) in [5, 5.41) is 4.89. The molecule has 0 saturated heterocycles. The maximum absolute atomic E-state index is 12.8. The van der Waals surface area contributed by atoms with E-state index in [1.807, 2.05) is 0 Å². The molecule has 4 N–H and O–H groups in total. The molecule has 0 saturated carbocycles. The maximum Gasteiger partial charge on any atom is 0.243 e. The Kier molecular flexibility index (Phi) is 4.59. The molecule has 0 heterocycles. The van der Waals surface area contributed by atoms with Crippen LogP contribution in [0.4, 0.5) is 10.1 Å². The van der Waals surface area contributed by atoms with Crippen molar-refractivity contribution in [1.82, 2.24) is 5.32 Å². The fraction of sp³-hybridized carbons (Fsp3) is 0.273. The van der Waals surface area contributed by atoms with Crippen LogP contribution in [-0.4, -0.2) is 24.9 Å². The zero-order valence-corrected chi connectivity index (χ0v) is 9.42. The Hall–Kier alpha value is -1.95. The summed E-state index contributed by atoms with van der Waals surface area (Å²) in [4.78, 5) is 22.2. The molecule has 2 amide bonds. The predicted octanol–water partition coefficient (Wildman–Crippen LogP) is 0.148. The molecule has 0 aliphatic heterocycles. The van der Waals surface area contributed by atoms with Gasteiger partial charge in [-0.3, -0.25) is 9.59 Å². The van der Waals surface area contributed by atoms with Gasteiger partial charge >= 0.3 is 0 Å². The number of anilines is 1. The van der Waals surface area contributed by atoms with Gasteiger partial charge in [0.2, 0.25) is 11.8 Å². The van der Waals surface area contributed by atoms with Crippen molar-refractivity contribution in [1.29, 1.82) is 0 Å². The van der Waals surface area contributed by atoms with Gasteiger partial charge in [0.1, 0.15) is 5.82 Å². The van der Waals surface area contributed by atoms with Gasteiger partial charge in [-0.1, -0.05) is 0 Å². The Morgan fingerprint density at radius 1 is 1.35 bits per heavy atom. The Balaban J connectivity index is 2.53. The highest BCUT2D eigenvalue weighted by atomic mass is 19.1. The van der Waals surface area contributed by atoms with Crippen LogP contribution in [0.25, 0.3) is 0 Å². The first-order valence-electron chi connectivity index (χ1n) is 5.05. The third-order valence-electron chi connectivity index (χ3n) is 2.09. The van der Waals surface area contributed by atoms with Crippen LogP contribution in [0.3, 0.4) is 0 Å². The molecule has 0 aliphatic carbocycles. The second-order valence-electron chi connectivity index (χ2n) is 3.49. The van der Waals surface area contributed by atoms with Crippen LogP contribution in [0.1, 0.15) is 5.56 Å². The van der Waals surface area contributed by atoms with Gasteiger partial charge in [-0.25, -0.2) is 4.39 Å². The molecule has 1 aromatic rings. The summed E-state index contributed by atoms with van der Waals surface area (Å²) in [6.45, 7) is 1.35. The first-order chi connectivity index (χ1) is 8.02. The summed E-state index contributed by atoms with van der Waals surface area (Å²) in [5.41, 5.74) is 6.19. The third kappa shape index (κ3) is 4.20. The van der Waals surface area contributed by atoms with Crippen molar-refractivity contribution < 1.29 is 14.0 Å². The number of halogens is 1. The molecule has 1 rings (SSSR count). The SMILES string of the molecule is Cc1cc(F)ccc1NC(=O)CNC(=O)CN. The number of aryl methyl sites for hydroxylation is 1. The monoisotopic (exact) mass is 239 g/mol. The maximum atomic E-state index is 12.8. The third-order valence-corrected chi connectivity index (χ3v) is 2.09. The summed E-state index contributed by atoms with van der Waals surface area (Å²) in [6, 6.07) is 4.03. The molecular formula is C11H14FN3O2. The summed E-state index contributed by atoms with van der Waals surface area (Å²) >= 11 is 0. The van der Waals surface area contributed by atoms with Crippen LogP contribution >= 0.6 is 0 Å². The highest BCUT2D eigenvalue weighted by Gasteiger charge is 2.06. The molecule has 0 atom stereocenters. The molecule has 0 spiro atoms. The largest absolute Gasteiger partial charge is 0.346 e. The van der Waals surface area contributed by atoms with Crippen LogP contribution < -0.4 is 16.4 Å². The van der Waals surface area contributed by atoms with Crippen molar-refractivity contribution in [2.24, 2.45) is 5.73 Å². The molecule has 0 radical (unpaired) electrons. The Morgan fingerprint density at radius 2 is 2.06 bits per heavy atom. The lowest BCUT2D eigenvalue weighted by atomic mass is 10.2. The van der Waals surface area contributed by atoms with Gasteiger partial charge in [0.25, 0.3) is 0 Å². The number of hydrogen-bond acceptors (Lipinski definition) is 3. The number of amides is 2. The van der Waals surface area contributed by atoms with Crippen LogP contribution in [0.2, 0.25) is 0 Å². The zero-order valence-electron chi connectivity index (χ0n) is 9.42. The van der Waals surface area contributed by atoms with Gasteiger partial charge in [0.05, 0.1) is 13.1 Å². The van der Waals surface area contributed by atoms with Crippen LogP contribution in [-0.2, 0) is 9.59 Å². The lowest BCUT2D eigenvalue weighted by Gasteiger charge is -2.08. The van der Waals surface area contributed by atoms with E-state index >= 15 is 0 Å². The van der Waals surface area contributed by atoms with E-state index in [-0.39, 0.29) is 24.8 Å². The molecule has 0 bridgehead atoms. The molecule has 0 aliphatic rings. The van der Waals surface area contributed by atoms with Crippen molar-refractivity contribution in [2.45, 2.75) is 6.92 Å². The highest BCUT2D eigenvalue weighted by Crippen LogP contribution is 2.15. The quantitative estimate of drug-likeness (QED) is 0.699. The summed E-state index contributed by atoms with van der Waals surface area (Å²) in [5.74, 6) is -1.16. The molecular weight excluding hydrogens is 225 g/mol. The van der Waals surface area contributed by atoms with Gasteiger partial charge < -0.3 is 16.4 Å². The second-order valence-corrected chi connectivity index (χ2v) is 3.49. The van der Waals surface area contributed by atoms with Crippen molar-refractivity contribution in [3.8, 4) is 0 Å². The van der Waals surface area contributed by atoms with Gasteiger partial charge in [-0.05, 0) is 30.7 Å². The molecule has 6 heteroatoms. The summed E-state index contributed by atoms with van der Waals surface area (Å²) in [6.07, 6.45) is 0. The number of hydrogen-bond donors (Lipinski definition) is 3. The number of nitrogens with two attached hydrogens (primary N) is 1. The number of carbonyl (C=O) groups is 2. The summed E-state index contributed by atoms with van der Waals surface area (Å²) in [7, 11) is 0. The van der Waals surface area contributed by atoms with E-state index in [1.165, 1.54) is 18.2 Å². The van der Waals surface area contributed by atoms with Gasteiger partial charge in [-0.2, -0.15) is 0 Å². The lowest BCUT2D eigenvalue weighted by molar-refractivity contribution is -0.123. The first-order valence-corrected chi connectivity index (χ1v) is 5.05. The second kappa shape index (κ2) is 5.95. The normalized spacial score (nSPS) is 9.82. The van der Waals surface area contributed by atoms with Gasteiger partial charge in [-0.15, -0.1) is 0 Å². The molecule has 1 aromatic carbocycles. The molecule has 17 heavy (non-hydrogen) atoms. The molecule has 0 aromatic heterocycles.